The fourth-order valence-corrected chi connectivity index (χ4v) is 3.84. The lowest BCUT2D eigenvalue weighted by Gasteiger charge is -2.07. The number of carbonyl (C=O) groups excluding carboxylic acids is 3. The van der Waals surface area contributed by atoms with Crippen molar-refractivity contribution in [2.24, 2.45) is 0 Å². The average molecular weight is 490 g/mol. The van der Waals surface area contributed by atoms with Crippen molar-refractivity contribution in [2.75, 3.05) is 5.32 Å². The van der Waals surface area contributed by atoms with Crippen molar-refractivity contribution in [3.8, 4) is 17.1 Å². The van der Waals surface area contributed by atoms with Crippen LogP contribution in [0.4, 0.5) is 5.69 Å². The van der Waals surface area contributed by atoms with Gasteiger partial charge in [0.1, 0.15) is 11.6 Å². The summed E-state index contributed by atoms with van der Waals surface area (Å²) in [4.78, 5) is 44.7. The van der Waals surface area contributed by atoms with Crippen LogP contribution in [0.1, 0.15) is 39.6 Å². The Hall–Kier alpha value is -5.04. The SMILES string of the molecule is CCC(=O)Oc1ccc(C(=O)Nc2ccc(-c3nc4ccc(C(=O)c5ccccc5)cc4[nH]3)cc2)cc1. The van der Waals surface area contributed by atoms with Gasteiger partial charge < -0.3 is 15.0 Å². The lowest BCUT2D eigenvalue weighted by molar-refractivity contribution is -0.134. The van der Waals surface area contributed by atoms with Gasteiger partial charge >= 0.3 is 5.97 Å². The molecule has 0 bridgehead atoms. The fourth-order valence-electron chi connectivity index (χ4n) is 3.84. The van der Waals surface area contributed by atoms with E-state index in [2.05, 4.69) is 15.3 Å². The molecule has 0 saturated heterocycles. The number of benzene rings is 4. The maximum absolute atomic E-state index is 12.8. The van der Waals surface area contributed by atoms with Crippen molar-refractivity contribution >= 4 is 34.4 Å². The van der Waals surface area contributed by atoms with Crippen LogP contribution in [0.25, 0.3) is 22.4 Å². The van der Waals surface area contributed by atoms with Gasteiger partial charge in [-0.15, -0.1) is 0 Å². The van der Waals surface area contributed by atoms with E-state index in [1.54, 1.807) is 61.5 Å². The molecule has 0 radical (unpaired) electrons. The number of anilines is 1. The summed E-state index contributed by atoms with van der Waals surface area (Å²) in [6.07, 6.45) is 0.279. The van der Waals surface area contributed by atoms with Crippen LogP contribution in [0.5, 0.6) is 5.75 Å². The lowest BCUT2D eigenvalue weighted by atomic mass is 10.0. The van der Waals surface area contributed by atoms with Crippen molar-refractivity contribution in [1.29, 1.82) is 0 Å². The Bertz CT molecular complexity index is 1590. The van der Waals surface area contributed by atoms with E-state index in [1.165, 1.54) is 0 Å². The molecule has 0 spiro atoms. The summed E-state index contributed by atoms with van der Waals surface area (Å²) < 4.78 is 5.14. The molecule has 0 aliphatic heterocycles. The van der Waals surface area contributed by atoms with Crippen LogP contribution in [0.2, 0.25) is 0 Å². The molecule has 0 unspecified atom stereocenters. The molecule has 5 rings (SSSR count). The van der Waals surface area contributed by atoms with E-state index in [4.69, 9.17) is 4.74 Å². The molecule has 7 heteroatoms. The van der Waals surface area contributed by atoms with E-state index in [9.17, 15) is 14.4 Å². The molecule has 0 aliphatic rings. The van der Waals surface area contributed by atoms with Gasteiger partial charge in [0.05, 0.1) is 11.0 Å². The molecule has 2 N–H and O–H groups in total. The molecule has 37 heavy (non-hydrogen) atoms. The quantitative estimate of drug-likeness (QED) is 0.165. The van der Waals surface area contributed by atoms with E-state index in [-0.39, 0.29) is 24.1 Å². The van der Waals surface area contributed by atoms with E-state index in [1.807, 2.05) is 42.5 Å². The van der Waals surface area contributed by atoms with Gasteiger partial charge in [-0.3, -0.25) is 14.4 Å². The second kappa shape index (κ2) is 10.3. The number of nitrogens with zero attached hydrogens (tertiary/aromatic N) is 1. The summed E-state index contributed by atoms with van der Waals surface area (Å²) in [6.45, 7) is 1.72. The number of ketones is 1. The Balaban J connectivity index is 1.28. The maximum Gasteiger partial charge on any atom is 0.310 e. The number of aromatic nitrogens is 2. The van der Waals surface area contributed by atoms with Crippen LogP contribution in [-0.2, 0) is 4.79 Å². The summed E-state index contributed by atoms with van der Waals surface area (Å²) in [6, 6.07) is 28.3. The van der Waals surface area contributed by atoms with Gasteiger partial charge in [-0.05, 0) is 66.7 Å². The van der Waals surface area contributed by atoms with Gasteiger partial charge in [0, 0.05) is 34.4 Å². The number of carbonyl (C=O) groups is 3. The second-order valence-corrected chi connectivity index (χ2v) is 8.40. The number of ether oxygens (including phenoxy) is 1. The third-order valence-electron chi connectivity index (χ3n) is 5.83. The highest BCUT2D eigenvalue weighted by molar-refractivity contribution is 6.10. The second-order valence-electron chi connectivity index (χ2n) is 8.40. The Kier molecular flexibility index (Phi) is 6.59. The van der Waals surface area contributed by atoms with Crippen molar-refractivity contribution < 1.29 is 19.1 Å². The monoisotopic (exact) mass is 489 g/mol. The third-order valence-corrected chi connectivity index (χ3v) is 5.83. The molecule has 7 nitrogen and oxygen atoms in total. The number of rotatable bonds is 7. The van der Waals surface area contributed by atoms with Crippen molar-refractivity contribution in [3.05, 3.63) is 114 Å². The topological polar surface area (TPSA) is 101 Å². The normalized spacial score (nSPS) is 10.7. The Morgan fingerprint density at radius 1 is 0.811 bits per heavy atom. The Labute approximate surface area is 213 Å². The van der Waals surface area contributed by atoms with Crippen LogP contribution in [0.3, 0.4) is 0 Å². The average Bonchev–Trinajstić information content (AvgIpc) is 3.37. The smallest absolute Gasteiger partial charge is 0.310 e. The zero-order valence-electron chi connectivity index (χ0n) is 20.0. The van der Waals surface area contributed by atoms with Crippen LogP contribution in [-0.4, -0.2) is 27.6 Å². The van der Waals surface area contributed by atoms with Gasteiger partial charge in [0.25, 0.3) is 5.91 Å². The standard InChI is InChI=1S/C30H23N3O4/c1-2-27(34)37-24-15-10-21(11-16-24)30(36)31-23-13-8-20(9-14-23)29-32-25-17-12-22(18-26(25)33-29)28(35)19-6-4-3-5-7-19/h3-18H,2H2,1H3,(H,31,36)(H,32,33). The number of hydrogen-bond acceptors (Lipinski definition) is 5. The number of fused-ring (bicyclic) bond motifs is 1. The summed E-state index contributed by atoms with van der Waals surface area (Å²) >= 11 is 0. The zero-order valence-corrected chi connectivity index (χ0v) is 20.0. The van der Waals surface area contributed by atoms with E-state index in [0.717, 1.165) is 16.6 Å². The number of H-pyrrole nitrogens is 1. The largest absolute Gasteiger partial charge is 0.427 e. The molecular formula is C30H23N3O4. The number of amides is 1. The molecule has 0 saturated carbocycles. The minimum atomic E-state index is -0.331. The molecular weight excluding hydrogens is 466 g/mol. The summed E-state index contributed by atoms with van der Waals surface area (Å²) in [5.41, 5.74) is 4.65. The Morgan fingerprint density at radius 3 is 2.22 bits per heavy atom. The van der Waals surface area contributed by atoms with Gasteiger partial charge in [0.15, 0.2) is 5.78 Å². The number of imidazole rings is 1. The lowest BCUT2D eigenvalue weighted by Crippen LogP contribution is -2.12. The summed E-state index contributed by atoms with van der Waals surface area (Å²) in [7, 11) is 0. The highest BCUT2D eigenvalue weighted by Crippen LogP contribution is 2.24. The third kappa shape index (κ3) is 5.31. The number of hydrogen-bond donors (Lipinski definition) is 2. The predicted octanol–water partition coefficient (Wildman–Crippen LogP) is 6.03. The van der Waals surface area contributed by atoms with Crippen LogP contribution < -0.4 is 10.1 Å². The van der Waals surface area contributed by atoms with Crippen LogP contribution in [0.15, 0.2) is 97.1 Å². The molecule has 1 aromatic heterocycles. The minimum Gasteiger partial charge on any atom is -0.427 e. The molecule has 0 fully saturated rings. The van der Waals surface area contributed by atoms with Crippen molar-refractivity contribution in [1.82, 2.24) is 9.97 Å². The molecule has 0 atom stereocenters. The molecule has 1 amide bonds. The van der Waals surface area contributed by atoms with Gasteiger partial charge in [-0.2, -0.15) is 0 Å². The molecule has 182 valence electrons. The summed E-state index contributed by atoms with van der Waals surface area (Å²) in [5, 5.41) is 2.86. The van der Waals surface area contributed by atoms with Crippen molar-refractivity contribution in [2.45, 2.75) is 13.3 Å². The molecule has 0 aliphatic carbocycles. The van der Waals surface area contributed by atoms with Gasteiger partial charge in [-0.25, -0.2) is 4.98 Å². The van der Waals surface area contributed by atoms with Crippen LogP contribution in [0, 0.1) is 0 Å². The summed E-state index contributed by atoms with van der Waals surface area (Å²) in [5.74, 6) is 0.406. The number of esters is 1. The van der Waals surface area contributed by atoms with E-state index in [0.29, 0.717) is 34.0 Å². The minimum absolute atomic E-state index is 0.0460. The van der Waals surface area contributed by atoms with E-state index >= 15 is 0 Å². The van der Waals surface area contributed by atoms with Gasteiger partial charge in [0.2, 0.25) is 0 Å². The highest BCUT2D eigenvalue weighted by atomic mass is 16.5. The molecule has 4 aromatic carbocycles. The first-order chi connectivity index (χ1) is 18.0. The fraction of sp³-hybridized carbons (Fsp3) is 0.0667. The first-order valence-corrected chi connectivity index (χ1v) is 11.8. The first kappa shape index (κ1) is 23.7. The van der Waals surface area contributed by atoms with Crippen LogP contribution >= 0.6 is 0 Å². The van der Waals surface area contributed by atoms with Gasteiger partial charge in [-0.1, -0.05) is 37.3 Å². The van der Waals surface area contributed by atoms with E-state index < -0.39 is 0 Å². The predicted molar refractivity (Wildman–Crippen MR) is 142 cm³/mol. The maximum atomic E-state index is 12.8. The molecule has 5 aromatic rings. The Morgan fingerprint density at radius 2 is 1.51 bits per heavy atom. The number of nitrogens with one attached hydrogen (secondary N) is 2. The number of aromatic amines is 1. The molecule has 1 heterocycles. The highest BCUT2D eigenvalue weighted by Gasteiger charge is 2.13. The van der Waals surface area contributed by atoms with Crippen molar-refractivity contribution in [3.63, 3.8) is 0 Å². The first-order valence-electron chi connectivity index (χ1n) is 11.8. The zero-order chi connectivity index (χ0) is 25.8.